The van der Waals surface area contributed by atoms with Crippen LogP contribution in [0.4, 0.5) is 0 Å². The van der Waals surface area contributed by atoms with Gasteiger partial charge in [-0.15, -0.1) is 0 Å². The van der Waals surface area contributed by atoms with E-state index in [4.69, 9.17) is 14.2 Å². The van der Waals surface area contributed by atoms with E-state index in [2.05, 4.69) is 98.9 Å². The summed E-state index contributed by atoms with van der Waals surface area (Å²) in [5.74, 6) is -1.75. The summed E-state index contributed by atoms with van der Waals surface area (Å²) >= 11 is 0. The maximum absolute atomic E-state index is 12.8. The number of carboxylic acid groups (broad SMARTS) is 1. The second kappa shape index (κ2) is 49.9. The summed E-state index contributed by atoms with van der Waals surface area (Å²) in [7, 11) is 5.41. The predicted octanol–water partition coefficient (Wildman–Crippen LogP) is 15.1. The fraction of sp³-hybridized carbons (Fsp3) is 0.717. The Morgan fingerprint density at radius 2 is 0.824 bits per heavy atom. The monoisotopic (exact) mass is 950 g/mol. The number of nitrogens with zero attached hydrogens (tertiary/aromatic N) is 1. The second-order valence-corrected chi connectivity index (χ2v) is 19.4. The molecule has 0 aliphatic heterocycles. The molecule has 0 aromatic rings. The van der Waals surface area contributed by atoms with Gasteiger partial charge in [-0.25, -0.2) is 0 Å². The van der Waals surface area contributed by atoms with E-state index in [1.807, 2.05) is 0 Å². The maximum atomic E-state index is 12.8. The minimum atomic E-state index is -1.13. The van der Waals surface area contributed by atoms with E-state index < -0.39 is 18.1 Å². The Hall–Kier alpha value is -3.49. The third-order valence-electron chi connectivity index (χ3n) is 12.0. The van der Waals surface area contributed by atoms with Crippen molar-refractivity contribution >= 4 is 17.9 Å². The number of carbonyl (C=O) groups excluding carboxylic acids is 3. The van der Waals surface area contributed by atoms with Gasteiger partial charge in [0.15, 0.2) is 6.10 Å². The summed E-state index contributed by atoms with van der Waals surface area (Å²) in [5, 5.41) is 11.7. The highest BCUT2D eigenvalue weighted by molar-refractivity contribution is 5.70. The first kappa shape index (κ1) is 64.5. The maximum Gasteiger partial charge on any atom is 0.306 e. The van der Waals surface area contributed by atoms with E-state index in [0.29, 0.717) is 12.8 Å². The predicted molar refractivity (Wildman–Crippen MR) is 286 cm³/mol. The average Bonchev–Trinajstić information content (AvgIpc) is 3.30. The van der Waals surface area contributed by atoms with Gasteiger partial charge in [-0.1, -0.05) is 202 Å². The summed E-state index contributed by atoms with van der Waals surface area (Å²) in [5.41, 5.74) is 0. The van der Waals surface area contributed by atoms with Gasteiger partial charge >= 0.3 is 11.9 Å². The molecule has 0 saturated heterocycles. The van der Waals surface area contributed by atoms with Crippen LogP contribution in [0.3, 0.4) is 0 Å². The van der Waals surface area contributed by atoms with Gasteiger partial charge < -0.3 is 28.6 Å². The third kappa shape index (κ3) is 47.6. The Balaban J connectivity index is 4.23. The standard InChI is InChI=1S/C60H103NO7/c1-6-8-10-12-14-16-18-20-22-24-26-28-30-32-34-36-38-40-42-44-46-48-50-58(62)67-55-56(54-66-53-52-57(60(64)65)61(3,4)5)68-59(63)51-49-47-45-43-41-39-37-35-33-31-29-27-25-23-21-19-17-15-13-11-9-7-2/h9,11,14-17,20-23,26-29,56-57H,6-8,10,12-13,18-19,24-25,30-55H2,1-5H3/b11-9+,16-14+,17-15+,22-20+,23-21+,28-26+,29-27+. The van der Waals surface area contributed by atoms with E-state index in [0.717, 1.165) is 89.9 Å². The van der Waals surface area contributed by atoms with Gasteiger partial charge in [-0.05, 0) is 89.9 Å². The summed E-state index contributed by atoms with van der Waals surface area (Å²) in [6.45, 7) is 4.52. The number of likely N-dealkylation sites (N-methyl/N-ethyl adjacent to an activating group) is 1. The van der Waals surface area contributed by atoms with Crippen molar-refractivity contribution in [2.24, 2.45) is 0 Å². The smallest absolute Gasteiger partial charge is 0.306 e. The molecule has 2 atom stereocenters. The number of esters is 2. The lowest BCUT2D eigenvalue weighted by atomic mass is 10.1. The molecule has 0 N–H and O–H groups in total. The highest BCUT2D eigenvalue weighted by atomic mass is 16.6. The molecule has 0 fully saturated rings. The first-order valence-electron chi connectivity index (χ1n) is 27.6. The Labute approximate surface area is 418 Å². The van der Waals surface area contributed by atoms with Crippen LogP contribution in [0.5, 0.6) is 0 Å². The Morgan fingerprint density at radius 3 is 1.22 bits per heavy atom. The van der Waals surface area contributed by atoms with Crippen LogP contribution in [0.15, 0.2) is 85.1 Å². The summed E-state index contributed by atoms with van der Waals surface area (Å²) in [4.78, 5) is 37.1. The van der Waals surface area contributed by atoms with E-state index in [-0.39, 0.29) is 42.7 Å². The molecule has 8 heteroatoms. The van der Waals surface area contributed by atoms with Crippen LogP contribution < -0.4 is 5.11 Å². The number of hydrogen-bond acceptors (Lipinski definition) is 7. The fourth-order valence-electron chi connectivity index (χ4n) is 7.78. The molecule has 0 rings (SSSR count). The molecule has 0 aliphatic rings. The zero-order chi connectivity index (χ0) is 49.9. The molecule has 0 bridgehead atoms. The van der Waals surface area contributed by atoms with Gasteiger partial charge in [0.05, 0.1) is 40.3 Å². The Bertz CT molecular complexity index is 1380. The number of rotatable bonds is 49. The summed E-state index contributed by atoms with van der Waals surface area (Å²) in [6, 6.07) is -0.733. The highest BCUT2D eigenvalue weighted by Crippen LogP contribution is 2.15. The van der Waals surface area contributed by atoms with Gasteiger partial charge in [-0.3, -0.25) is 9.59 Å². The van der Waals surface area contributed by atoms with Crippen molar-refractivity contribution in [2.75, 3.05) is 41.0 Å². The Morgan fingerprint density at radius 1 is 0.456 bits per heavy atom. The molecule has 0 saturated carbocycles. The first-order valence-corrected chi connectivity index (χ1v) is 27.6. The largest absolute Gasteiger partial charge is 0.544 e. The zero-order valence-corrected chi connectivity index (χ0v) is 44.5. The molecule has 0 heterocycles. The zero-order valence-electron chi connectivity index (χ0n) is 44.5. The van der Waals surface area contributed by atoms with Crippen molar-refractivity contribution in [3.63, 3.8) is 0 Å². The molecule has 0 amide bonds. The van der Waals surface area contributed by atoms with Crippen molar-refractivity contribution in [1.29, 1.82) is 0 Å². The number of hydrogen-bond donors (Lipinski definition) is 0. The molecule has 0 aromatic heterocycles. The fourth-order valence-corrected chi connectivity index (χ4v) is 7.78. The molecule has 0 aromatic carbocycles. The Kier molecular flexibility index (Phi) is 47.4. The highest BCUT2D eigenvalue weighted by Gasteiger charge is 2.25. The number of aliphatic carboxylic acids is 1. The van der Waals surface area contributed by atoms with E-state index in [1.165, 1.54) is 103 Å². The van der Waals surface area contributed by atoms with Crippen molar-refractivity contribution in [2.45, 2.75) is 238 Å². The van der Waals surface area contributed by atoms with Gasteiger partial charge in [0.1, 0.15) is 12.6 Å². The van der Waals surface area contributed by atoms with Gasteiger partial charge in [0.25, 0.3) is 0 Å². The topological polar surface area (TPSA) is 102 Å². The number of ether oxygens (including phenoxy) is 3. The van der Waals surface area contributed by atoms with Crippen LogP contribution in [0.2, 0.25) is 0 Å². The van der Waals surface area contributed by atoms with Crippen LogP contribution in [0, 0.1) is 0 Å². The van der Waals surface area contributed by atoms with Gasteiger partial charge in [0, 0.05) is 19.3 Å². The molecule has 68 heavy (non-hydrogen) atoms. The SMILES string of the molecule is CC/C=C/C/C=C/C/C=C/C/C=C/CCCCCCCCCCCC(=O)OC(COCCC(C(=O)[O-])[N+](C)(C)C)COC(=O)CCCCCCCCCCC/C=C/C/C=C/C/C=C/CCCCC. The van der Waals surface area contributed by atoms with Gasteiger partial charge in [-0.2, -0.15) is 0 Å². The van der Waals surface area contributed by atoms with Crippen molar-refractivity contribution < 1.29 is 38.2 Å². The van der Waals surface area contributed by atoms with E-state index in [1.54, 1.807) is 21.1 Å². The number of carboxylic acids is 1. The summed E-state index contributed by atoms with van der Waals surface area (Å²) in [6.07, 6.45) is 66.1. The molecular weight excluding hydrogens is 847 g/mol. The van der Waals surface area contributed by atoms with Crippen molar-refractivity contribution in [3.05, 3.63) is 85.1 Å². The third-order valence-corrected chi connectivity index (χ3v) is 12.0. The molecule has 0 aliphatic carbocycles. The van der Waals surface area contributed by atoms with Crippen LogP contribution in [-0.2, 0) is 28.6 Å². The van der Waals surface area contributed by atoms with Crippen molar-refractivity contribution in [3.8, 4) is 0 Å². The van der Waals surface area contributed by atoms with Crippen LogP contribution in [-0.4, -0.2) is 75.5 Å². The lowest BCUT2D eigenvalue weighted by Gasteiger charge is -2.34. The van der Waals surface area contributed by atoms with Crippen LogP contribution >= 0.6 is 0 Å². The first-order chi connectivity index (χ1) is 33.1. The lowest BCUT2D eigenvalue weighted by Crippen LogP contribution is -2.55. The van der Waals surface area contributed by atoms with E-state index in [9.17, 15) is 19.5 Å². The quantitative estimate of drug-likeness (QED) is 0.0259. The van der Waals surface area contributed by atoms with Crippen LogP contribution in [0.25, 0.3) is 0 Å². The molecule has 0 spiro atoms. The molecule has 390 valence electrons. The molecule has 8 nitrogen and oxygen atoms in total. The summed E-state index contributed by atoms with van der Waals surface area (Å²) < 4.78 is 17.3. The number of quaternary nitrogens is 1. The lowest BCUT2D eigenvalue weighted by molar-refractivity contribution is -0.889. The van der Waals surface area contributed by atoms with Crippen LogP contribution in [0.1, 0.15) is 226 Å². The minimum Gasteiger partial charge on any atom is -0.544 e. The van der Waals surface area contributed by atoms with E-state index >= 15 is 0 Å². The normalized spacial score (nSPS) is 13.5. The second-order valence-electron chi connectivity index (χ2n) is 19.4. The van der Waals surface area contributed by atoms with Crippen molar-refractivity contribution in [1.82, 2.24) is 0 Å². The molecule has 0 radical (unpaired) electrons. The van der Waals surface area contributed by atoms with Gasteiger partial charge in [0.2, 0.25) is 0 Å². The number of carbonyl (C=O) groups is 3. The minimum absolute atomic E-state index is 0.0330. The molecular formula is C60H103NO7. The number of unbranched alkanes of at least 4 members (excludes halogenated alkanes) is 21. The average molecular weight is 950 g/mol. The molecule has 2 unspecified atom stereocenters. The number of allylic oxidation sites excluding steroid dienone is 14.